The molecule has 0 aromatic heterocycles. The summed E-state index contributed by atoms with van der Waals surface area (Å²) in [6.07, 6.45) is 1.27. The second-order valence-electron chi connectivity index (χ2n) is 3.18. The Bertz CT molecular complexity index is 260. The third-order valence-electron chi connectivity index (χ3n) is 1.68. The maximum absolute atomic E-state index is 11.0. The van der Waals surface area contributed by atoms with Crippen LogP contribution in [0.4, 0.5) is 0 Å². The fraction of sp³-hybridized carbons (Fsp3) is 0.600. The number of carbonyl (C=O) groups excluding carboxylic acids is 2. The normalized spacial score (nSPS) is 9.40. The molecule has 0 spiro atoms. The molecule has 0 aliphatic carbocycles. The highest BCUT2D eigenvalue weighted by Gasteiger charge is 2.04. The Morgan fingerprint density at radius 3 is 2.47 bits per heavy atom. The second-order valence-corrected chi connectivity index (χ2v) is 3.18. The molecule has 84 valence electrons. The van der Waals surface area contributed by atoms with Crippen molar-refractivity contribution < 1.29 is 14.3 Å². The fourth-order valence-corrected chi connectivity index (χ4v) is 0.871. The van der Waals surface area contributed by atoms with Gasteiger partial charge in [-0.25, -0.2) is 0 Å². The Morgan fingerprint density at radius 2 is 1.93 bits per heavy atom. The van der Waals surface area contributed by atoms with E-state index in [9.17, 15) is 14.5 Å². The van der Waals surface area contributed by atoms with Gasteiger partial charge < -0.3 is 9.53 Å². The van der Waals surface area contributed by atoms with Crippen molar-refractivity contribution in [3.05, 3.63) is 17.2 Å². The van der Waals surface area contributed by atoms with Crippen molar-refractivity contribution in [1.29, 1.82) is 0 Å². The van der Waals surface area contributed by atoms with Crippen LogP contribution in [0.15, 0.2) is 17.5 Å². The molecule has 0 rings (SSSR count). The van der Waals surface area contributed by atoms with Crippen molar-refractivity contribution in [2.45, 2.75) is 32.6 Å². The van der Waals surface area contributed by atoms with Gasteiger partial charge in [-0.3, -0.25) is 4.79 Å². The van der Waals surface area contributed by atoms with E-state index in [0.717, 1.165) is 0 Å². The van der Waals surface area contributed by atoms with Crippen LogP contribution in [0.1, 0.15) is 32.6 Å². The number of rotatable bonds is 8. The molecule has 0 atom stereocenters. The first-order valence-electron chi connectivity index (χ1n) is 4.72. The lowest BCUT2D eigenvalue weighted by Crippen LogP contribution is -2.06. The second kappa shape index (κ2) is 7.84. The summed E-state index contributed by atoms with van der Waals surface area (Å²) in [6, 6.07) is 0. The predicted molar refractivity (Wildman–Crippen MR) is 55.0 cm³/mol. The molecule has 0 unspecified atom stereocenters. The van der Waals surface area contributed by atoms with E-state index in [4.69, 9.17) is 4.74 Å². The third-order valence-corrected chi connectivity index (χ3v) is 1.68. The Labute approximate surface area is 88.5 Å². The number of nitrogens with zero attached hydrogens (tertiary/aromatic N) is 1. The standard InChI is InChI=1S/C10H15NO4/c1-8(11-14)5-6-10(13)15-7-3-4-9(2)12/h1,3-7H2,2H3. The average Bonchev–Trinajstić information content (AvgIpc) is 2.20. The quantitative estimate of drug-likeness (QED) is 0.351. The van der Waals surface area contributed by atoms with Crippen LogP contribution in [0.2, 0.25) is 0 Å². The zero-order valence-electron chi connectivity index (χ0n) is 8.82. The van der Waals surface area contributed by atoms with E-state index in [2.05, 4.69) is 11.8 Å². The molecule has 0 saturated carbocycles. The molecule has 0 aliphatic heterocycles. The van der Waals surface area contributed by atoms with Gasteiger partial charge in [0.05, 0.1) is 18.7 Å². The zero-order valence-corrected chi connectivity index (χ0v) is 8.82. The molecule has 5 nitrogen and oxygen atoms in total. The summed E-state index contributed by atoms with van der Waals surface area (Å²) in [5.41, 5.74) is 0.135. The largest absolute Gasteiger partial charge is 0.466 e. The van der Waals surface area contributed by atoms with Crippen molar-refractivity contribution in [2.24, 2.45) is 5.18 Å². The van der Waals surface area contributed by atoms with Crippen molar-refractivity contribution in [3.8, 4) is 0 Å². The highest BCUT2D eigenvalue weighted by Crippen LogP contribution is 2.04. The molecule has 5 heteroatoms. The lowest BCUT2D eigenvalue weighted by atomic mass is 10.2. The van der Waals surface area contributed by atoms with E-state index < -0.39 is 5.97 Å². The van der Waals surface area contributed by atoms with Crippen molar-refractivity contribution in [3.63, 3.8) is 0 Å². The minimum atomic E-state index is -0.400. The van der Waals surface area contributed by atoms with E-state index in [1.54, 1.807) is 0 Å². The number of allylic oxidation sites excluding steroid dienone is 1. The summed E-state index contributed by atoms with van der Waals surface area (Å²) in [6.45, 7) is 5.06. The molecule has 0 aromatic rings. The van der Waals surface area contributed by atoms with Crippen molar-refractivity contribution in [2.75, 3.05) is 6.61 Å². The molecule has 0 heterocycles. The molecular weight excluding hydrogens is 198 g/mol. The Balaban J connectivity index is 3.45. The molecule has 0 saturated heterocycles. The van der Waals surface area contributed by atoms with Gasteiger partial charge in [-0.15, -0.1) is 4.91 Å². The van der Waals surface area contributed by atoms with Gasteiger partial charge in [-0.2, -0.15) is 0 Å². The highest BCUT2D eigenvalue weighted by atomic mass is 16.5. The number of hydrogen-bond acceptors (Lipinski definition) is 5. The van der Waals surface area contributed by atoms with Gasteiger partial charge in [0.25, 0.3) is 0 Å². The molecule has 0 amide bonds. The Kier molecular flexibility index (Phi) is 7.05. The highest BCUT2D eigenvalue weighted by molar-refractivity contribution is 5.75. The number of ketones is 1. The molecule has 0 N–H and O–H groups in total. The number of Topliss-reactive ketones (excluding diaryl/α,β-unsaturated/α-hetero) is 1. The maximum Gasteiger partial charge on any atom is 0.306 e. The summed E-state index contributed by atoms with van der Waals surface area (Å²) in [5.74, 6) is -0.326. The van der Waals surface area contributed by atoms with Crippen LogP contribution in [0.25, 0.3) is 0 Å². The van der Waals surface area contributed by atoms with E-state index in [0.29, 0.717) is 12.8 Å². The molecule has 0 aromatic carbocycles. The molecule has 15 heavy (non-hydrogen) atoms. The Morgan fingerprint density at radius 1 is 1.27 bits per heavy atom. The van der Waals surface area contributed by atoms with Crippen LogP contribution in [0.3, 0.4) is 0 Å². The van der Waals surface area contributed by atoms with Crippen LogP contribution in [0.5, 0.6) is 0 Å². The topological polar surface area (TPSA) is 72.8 Å². The number of hydrogen-bond donors (Lipinski definition) is 0. The van der Waals surface area contributed by atoms with E-state index in [1.807, 2.05) is 0 Å². The minimum Gasteiger partial charge on any atom is -0.466 e. The third kappa shape index (κ3) is 8.80. The zero-order chi connectivity index (χ0) is 11.7. The summed E-state index contributed by atoms with van der Waals surface area (Å²) < 4.78 is 4.81. The number of ether oxygens (including phenoxy) is 1. The number of carbonyl (C=O) groups is 2. The van der Waals surface area contributed by atoms with Crippen LogP contribution in [0, 0.1) is 4.91 Å². The summed E-state index contributed by atoms with van der Waals surface area (Å²) in [4.78, 5) is 31.5. The molecule has 0 aliphatic rings. The number of esters is 1. The van der Waals surface area contributed by atoms with Crippen LogP contribution >= 0.6 is 0 Å². The lowest BCUT2D eigenvalue weighted by Gasteiger charge is -2.02. The van der Waals surface area contributed by atoms with Gasteiger partial charge in [0.2, 0.25) is 0 Å². The molecule has 0 fully saturated rings. The smallest absolute Gasteiger partial charge is 0.306 e. The average molecular weight is 213 g/mol. The summed E-state index contributed by atoms with van der Waals surface area (Å²) in [7, 11) is 0. The molecule has 0 radical (unpaired) electrons. The van der Waals surface area contributed by atoms with Crippen LogP contribution < -0.4 is 0 Å². The van der Waals surface area contributed by atoms with Gasteiger partial charge in [0.1, 0.15) is 5.78 Å². The summed E-state index contributed by atoms with van der Waals surface area (Å²) >= 11 is 0. The minimum absolute atomic E-state index is 0.0737. The number of nitroso groups, excluding NO2 is 1. The summed E-state index contributed by atoms with van der Waals surface area (Å²) in [5, 5.41) is 2.58. The monoisotopic (exact) mass is 213 g/mol. The first-order chi connectivity index (χ1) is 7.06. The predicted octanol–water partition coefficient (Wildman–Crippen LogP) is 1.96. The van der Waals surface area contributed by atoms with E-state index in [1.165, 1.54) is 6.92 Å². The maximum atomic E-state index is 11.0. The van der Waals surface area contributed by atoms with Crippen molar-refractivity contribution in [1.82, 2.24) is 0 Å². The van der Waals surface area contributed by atoms with Gasteiger partial charge in [0, 0.05) is 12.8 Å². The van der Waals surface area contributed by atoms with Crippen LogP contribution in [-0.2, 0) is 14.3 Å². The SMILES string of the molecule is C=C(CCC(=O)OCCCC(C)=O)N=O. The molecule has 0 bridgehead atoms. The van der Waals surface area contributed by atoms with Crippen LogP contribution in [-0.4, -0.2) is 18.4 Å². The lowest BCUT2D eigenvalue weighted by molar-refractivity contribution is -0.144. The first kappa shape index (κ1) is 13.5. The first-order valence-corrected chi connectivity index (χ1v) is 4.72. The van der Waals surface area contributed by atoms with Gasteiger partial charge in [-0.1, -0.05) is 6.58 Å². The fourth-order valence-electron chi connectivity index (χ4n) is 0.871. The van der Waals surface area contributed by atoms with E-state index >= 15 is 0 Å². The van der Waals surface area contributed by atoms with E-state index in [-0.39, 0.29) is 30.9 Å². The van der Waals surface area contributed by atoms with Gasteiger partial charge in [-0.05, 0) is 18.5 Å². The van der Waals surface area contributed by atoms with Gasteiger partial charge >= 0.3 is 5.97 Å². The van der Waals surface area contributed by atoms with Crippen molar-refractivity contribution >= 4 is 11.8 Å². The Hall–Kier alpha value is -1.52. The van der Waals surface area contributed by atoms with Gasteiger partial charge in [0.15, 0.2) is 0 Å². The molecular formula is C10H15NO4.